The number of nitrogens with two attached hydrogens (primary N) is 1. The molecule has 72 valence electrons. The zero-order chi connectivity index (χ0) is 9.52. The SMILES string of the molecule is C=CCCCC(NN)c1cncs1. The van der Waals surface area contributed by atoms with E-state index in [0.717, 1.165) is 19.3 Å². The van der Waals surface area contributed by atoms with Crippen molar-refractivity contribution in [3.05, 3.63) is 29.2 Å². The Labute approximate surface area is 82.7 Å². The summed E-state index contributed by atoms with van der Waals surface area (Å²) in [4.78, 5) is 5.22. The van der Waals surface area contributed by atoms with Crippen LogP contribution in [-0.2, 0) is 0 Å². The number of allylic oxidation sites excluding steroid dienone is 1. The lowest BCUT2D eigenvalue weighted by Crippen LogP contribution is -2.27. The Hall–Kier alpha value is -0.710. The van der Waals surface area contributed by atoms with Crippen LogP contribution in [0.5, 0.6) is 0 Å². The molecule has 1 aromatic rings. The van der Waals surface area contributed by atoms with Gasteiger partial charge in [0.2, 0.25) is 0 Å². The van der Waals surface area contributed by atoms with Crippen molar-refractivity contribution in [3.63, 3.8) is 0 Å². The van der Waals surface area contributed by atoms with Crippen molar-refractivity contribution < 1.29 is 0 Å². The molecule has 0 aliphatic rings. The van der Waals surface area contributed by atoms with Gasteiger partial charge in [-0.15, -0.1) is 17.9 Å². The first-order valence-electron chi connectivity index (χ1n) is 4.34. The number of unbranched alkanes of at least 4 members (excludes halogenated alkanes) is 1. The monoisotopic (exact) mass is 197 g/mol. The van der Waals surface area contributed by atoms with Gasteiger partial charge in [-0.3, -0.25) is 16.3 Å². The molecule has 4 heteroatoms. The van der Waals surface area contributed by atoms with E-state index in [1.807, 2.05) is 17.8 Å². The first kappa shape index (κ1) is 10.4. The van der Waals surface area contributed by atoms with Crippen LogP contribution in [0.3, 0.4) is 0 Å². The topological polar surface area (TPSA) is 50.9 Å². The van der Waals surface area contributed by atoms with Crippen LogP contribution in [-0.4, -0.2) is 4.98 Å². The van der Waals surface area contributed by atoms with E-state index in [1.165, 1.54) is 4.88 Å². The molecule has 0 aromatic carbocycles. The van der Waals surface area contributed by atoms with Gasteiger partial charge in [-0.1, -0.05) is 6.08 Å². The molecule has 0 saturated heterocycles. The molecule has 13 heavy (non-hydrogen) atoms. The highest BCUT2D eigenvalue weighted by molar-refractivity contribution is 7.09. The van der Waals surface area contributed by atoms with Gasteiger partial charge in [-0.05, 0) is 19.3 Å². The van der Waals surface area contributed by atoms with Gasteiger partial charge in [-0.2, -0.15) is 0 Å². The third kappa shape index (κ3) is 3.26. The van der Waals surface area contributed by atoms with Crippen LogP contribution in [0.2, 0.25) is 0 Å². The summed E-state index contributed by atoms with van der Waals surface area (Å²) in [5.41, 5.74) is 4.63. The first-order chi connectivity index (χ1) is 6.38. The van der Waals surface area contributed by atoms with Crippen LogP contribution in [0.1, 0.15) is 30.2 Å². The molecule has 1 atom stereocenters. The normalized spacial score (nSPS) is 12.7. The van der Waals surface area contributed by atoms with Crippen molar-refractivity contribution >= 4 is 11.3 Å². The molecule has 1 unspecified atom stereocenters. The van der Waals surface area contributed by atoms with Gasteiger partial charge in [0.05, 0.1) is 11.6 Å². The van der Waals surface area contributed by atoms with E-state index in [4.69, 9.17) is 5.84 Å². The Morgan fingerprint density at radius 1 is 1.77 bits per heavy atom. The fourth-order valence-corrected chi connectivity index (χ4v) is 1.89. The minimum Gasteiger partial charge on any atom is -0.271 e. The van der Waals surface area contributed by atoms with Crippen LogP contribution < -0.4 is 11.3 Å². The number of hydrogen-bond donors (Lipinski definition) is 2. The number of hydrazine groups is 1. The minimum absolute atomic E-state index is 0.243. The quantitative estimate of drug-likeness (QED) is 0.317. The summed E-state index contributed by atoms with van der Waals surface area (Å²) in [6, 6.07) is 0.243. The minimum atomic E-state index is 0.243. The number of nitrogens with one attached hydrogen (secondary N) is 1. The summed E-state index contributed by atoms with van der Waals surface area (Å²) >= 11 is 1.63. The van der Waals surface area contributed by atoms with E-state index < -0.39 is 0 Å². The molecule has 0 radical (unpaired) electrons. The molecule has 1 aromatic heterocycles. The van der Waals surface area contributed by atoms with Gasteiger partial charge in [-0.25, -0.2) is 0 Å². The molecule has 0 spiro atoms. The Bertz CT molecular complexity index is 233. The maximum atomic E-state index is 5.45. The predicted molar refractivity (Wildman–Crippen MR) is 56.2 cm³/mol. The molecular formula is C9H15N3S. The number of nitrogens with zero attached hydrogens (tertiary/aromatic N) is 1. The van der Waals surface area contributed by atoms with Crippen molar-refractivity contribution in [1.82, 2.24) is 10.4 Å². The zero-order valence-electron chi connectivity index (χ0n) is 7.57. The molecule has 0 saturated carbocycles. The molecule has 0 aliphatic heterocycles. The van der Waals surface area contributed by atoms with E-state index in [-0.39, 0.29) is 6.04 Å². The van der Waals surface area contributed by atoms with Crippen LogP contribution >= 0.6 is 11.3 Å². The van der Waals surface area contributed by atoms with Crippen LogP contribution in [0, 0.1) is 0 Å². The second-order valence-electron chi connectivity index (χ2n) is 2.84. The largest absolute Gasteiger partial charge is 0.271 e. The maximum Gasteiger partial charge on any atom is 0.0794 e. The number of aromatic nitrogens is 1. The number of hydrogen-bond acceptors (Lipinski definition) is 4. The highest BCUT2D eigenvalue weighted by Crippen LogP contribution is 2.21. The van der Waals surface area contributed by atoms with Crippen LogP contribution in [0.15, 0.2) is 24.4 Å². The molecule has 3 N–H and O–H groups in total. The molecule has 0 aliphatic carbocycles. The molecule has 3 nitrogen and oxygen atoms in total. The third-order valence-electron chi connectivity index (χ3n) is 1.90. The second-order valence-corrected chi connectivity index (χ2v) is 3.76. The van der Waals surface area contributed by atoms with Gasteiger partial charge < -0.3 is 0 Å². The van der Waals surface area contributed by atoms with Crippen molar-refractivity contribution in [2.24, 2.45) is 5.84 Å². The lowest BCUT2D eigenvalue weighted by molar-refractivity contribution is 0.507. The Balaban J connectivity index is 2.39. The van der Waals surface area contributed by atoms with E-state index in [1.54, 1.807) is 11.3 Å². The summed E-state index contributed by atoms with van der Waals surface area (Å²) in [6.45, 7) is 3.68. The Morgan fingerprint density at radius 3 is 3.15 bits per heavy atom. The van der Waals surface area contributed by atoms with Crippen molar-refractivity contribution in [1.29, 1.82) is 0 Å². The maximum absolute atomic E-state index is 5.45. The van der Waals surface area contributed by atoms with Crippen molar-refractivity contribution in [3.8, 4) is 0 Å². The second kappa shape index (κ2) is 5.85. The summed E-state index contributed by atoms with van der Waals surface area (Å²) in [5.74, 6) is 5.45. The summed E-state index contributed by atoms with van der Waals surface area (Å²) < 4.78 is 0. The molecule has 0 amide bonds. The first-order valence-corrected chi connectivity index (χ1v) is 5.22. The molecular weight excluding hydrogens is 182 g/mol. The van der Waals surface area contributed by atoms with Crippen molar-refractivity contribution in [2.45, 2.75) is 25.3 Å². The fourth-order valence-electron chi connectivity index (χ4n) is 1.17. The van der Waals surface area contributed by atoms with E-state index >= 15 is 0 Å². The van der Waals surface area contributed by atoms with E-state index in [0.29, 0.717) is 0 Å². The zero-order valence-corrected chi connectivity index (χ0v) is 8.39. The standard InChI is InChI=1S/C9H15N3S/c1-2-3-4-5-8(12-10)9-6-11-7-13-9/h2,6-8,12H,1,3-5,10H2. The molecule has 1 heterocycles. The average Bonchev–Trinajstić information content (AvgIpc) is 2.65. The van der Waals surface area contributed by atoms with E-state index in [2.05, 4.69) is 17.0 Å². The van der Waals surface area contributed by atoms with Gasteiger partial charge in [0, 0.05) is 11.1 Å². The van der Waals surface area contributed by atoms with Gasteiger partial charge in [0.15, 0.2) is 0 Å². The summed E-state index contributed by atoms with van der Waals surface area (Å²) in [7, 11) is 0. The highest BCUT2D eigenvalue weighted by Gasteiger charge is 2.09. The number of rotatable bonds is 6. The van der Waals surface area contributed by atoms with Gasteiger partial charge >= 0.3 is 0 Å². The lowest BCUT2D eigenvalue weighted by atomic mass is 10.1. The smallest absolute Gasteiger partial charge is 0.0794 e. The Morgan fingerprint density at radius 2 is 2.62 bits per heavy atom. The predicted octanol–water partition coefficient (Wildman–Crippen LogP) is 2.00. The van der Waals surface area contributed by atoms with Gasteiger partial charge in [0.1, 0.15) is 0 Å². The fraction of sp³-hybridized carbons (Fsp3) is 0.444. The summed E-state index contributed by atoms with van der Waals surface area (Å²) in [5, 5.41) is 0. The third-order valence-corrected chi connectivity index (χ3v) is 2.79. The molecule has 0 bridgehead atoms. The highest BCUT2D eigenvalue weighted by atomic mass is 32.1. The summed E-state index contributed by atoms with van der Waals surface area (Å²) in [6.07, 6.45) is 6.97. The molecule has 1 rings (SSSR count). The van der Waals surface area contributed by atoms with E-state index in [9.17, 15) is 0 Å². The van der Waals surface area contributed by atoms with Crippen LogP contribution in [0.25, 0.3) is 0 Å². The van der Waals surface area contributed by atoms with Gasteiger partial charge in [0.25, 0.3) is 0 Å². The van der Waals surface area contributed by atoms with Crippen molar-refractivity contribution in [2.75, 3.05) is 0 Å². The van der Waals surface area contributed by atoms with Crippen LogP contribution in [0.4, 0.5) is 0 Å². The Kier molecular flexibility index (Phi) is 4.67. The molecule has 0 fully saturated rings. The number of thiazole rings is 1. The average molecular weight is 197 g/mol. The lowest BCUT2D eigenvalue weighted by Gasteiger charge is -2.12.